The molecule has 0 spiro atoms. The number of nitrogens with one attached hydrogen (secondary N) is 1. The van der Waals surface area contributed by atoms with E-state index in [0.717, 1.165) is 5.56 Å². The highest BCUT2D eigenvalue weighted by atomic mass is 16.5. The summed E-state index contributed by atoms with van der Waals surface area (Å²) >= 11 is 0. The Morgan fingerprint density at radius 3 is 2.55 bits per heavy atom. The van der Waals surface area contributed by atoms with E-state index in [0.29, 0.717) is 41.0 Å². The van der Waals surface area contributed by atoms with Crippen molar-refractivity contribution in [2.75, 3.05) is 27.4 Å². The topological polar surface area (TPSA) is 99.9 Å². The SMILES string of the molecule is COc1ccc(C(=O)NCCOc2ccc3nnc(-c4ccccc4)n3n2)cc1OC. The zero-order valence-corrected chi connectivity index (χ0v) is 17.1. The Hall–Kier alpha value is -4.14. The molecule has 0 radical (unpaired) electrons. The van der Waals surface area contributed by atoms with Crippen LogP contribution in [0, 0.1) is 0 Å². The molecule has 0 fully saturated rings. The highest BCUT2D eigenvalue weighted by Crippen LogP contribution is 2.27. The van der Waals surface area contributed by atoms with Crippen molar-refractivity contribution in [3.05, 3.63) is 66.2 Å². The number of carbonyl (C=O) groups excluding carboxylic acids is 1. The summed E-state index contributed by atoms with van der Waals surface area (Å²) in [6, 6.07) is 18.2. The third-order valence-corrected chi connectivity index (χ3v) is 4.55. The van der Waals surface area contributed by atoms with E-state index >= 15 is 0 Å². The maximum atomic E-state index is 12.4. The van der Waals surface area contributed by atoms with Crippen LogP contribution >= 0.6 is 0 Å². The number of fused-ring (bicyclic) bond motifs is 1. The van der Waals surface area contributed by atoms with Gasteiger partial charge in [0.1, 0.15) is 6.61 Å². The summed E-state index contributed by atoms with van der Waals surface area (Å²) in [5.41, 5.74) is 1.99. The Morgan fingerprint density at radius 1 is 0.968 bits per heavy atom. The van der Waals surface area contributed by atoms with E-state index in [-0.39, 0.29) is 12.5 Å². The van der Waals surface area contributed by atoms with Crippen LogP contribution in [0.25, 0.3) is 17.0 Å². The maximum Gasteiger partial charge on any atom is 0.251 e. The zero-order chi connectivity index (χ0) is 21.6. The summed E-state index contributed by atoms with van der Waals surface area (Å²) < 4.78 is 17.7. The standard InChI is InChI=1S/C22H21N5O4/c1-29-17-9-8-16(14-18(17)30-2)22(28)23-12-13-31-20-11-10-19-24-25-21(27(19)26-20)15-6-4-3-5-7-15/h3-11,14H,12-13H2,1-2H3,(H,23,28). The van der Waals surface area contributed by atoms with Gasteiger partial charge in [0.2, 0.25) is 5.88 Å². The monoisotopic (exact) mass is 419 g/mol. The van der Waals surface area contributed by atoms with Crippen molar-refractivity contribution >= 4 is 11.6 Å². The van der Waals surface area contributed by atoms with Crippen LogP contribution in [0.5, 0.6) is 17.4 Å². The molecule has 9 nitrogen and oxygen atoms in total. The lowest BCUT2D eigenvalue weighted by atomic mass is 10.2. The highest BCUT2D eigenvalue weighted by Gasteiger charge is 2.12. The molecule has 0 unspecified atom stereocenters. The number of methoxy groups -OCH3 is 2. The highest BCUT2D eigenvalue weighted by molar-refractivity contribution is 5.94. The molecular formula is C22H21N5O4. The Morgan fingerprint density at radius 2 is 1.77 bits per heavy atom. The van der Waals surface area contributed by atoms with Gasteiger partial charge in [-0.25, -0.2) is 0 Å². The van der Waals surface area contributed by atoms with E-state index < -0.39 is 0 Å². The number of ether oxygens (including phenoxy) is 3. The van der Waals surface area contributed by atoms with Crippen LogP contribution in [0.3, 0.4) is 0 Å². The molecule has 0 aliphatic heterocycles. The van der Waals surface area contributed by atoms with Gasteiger partial charge >= 0.3 is 0 Å². The first kappa shape index (κ1) is 20.1. The van der Waals surface area contributed by atoms with Gasteiger partial charge in [0.25, 0.3) is 5.91 Å². The largest absolute Gasteiger partial charge is 0.493 e. The summed E-state index contributed by atoms with van der Waals surface area (Å²) in [6.45, 7) is 0.556. The average Bonchev–Trinajstić information content (AvgIpc) is 3.25. The number of hydrogen-bond donors (Lipinski definition) is 1. The summed E-state index contributed by atoms with van der Waals surface area (Å²) in [4.78, 5) is 12.4. The fraction of sp³-hybridized carbons (Fsp3) is 0.182. The van der Waals surface area contributed by atoms with Crippen molar-refractivity contribution in [1.29, 1.82) is 0 Å². The van der Waals surface area contributed by atoms with Crippen molar-refractivity contribution in [1.82, 2.24) is 25.1 Å². The number of amides is 1. The van der Waals surface area contributed by atoms with Crippen molar-refractivity contribution < 1.29 is 19.0 Å². The molecule has 31 heavy (non-hydrogen) atoms. The lowest BCUT2D eigenvalue weighted by molar-refractivity contribution is 0.0946. The van der Waals surface area contributed by atoms with E-state index in [4.69, 9.17) is 14.2 Å². The fourth-order valence-corrected chi connectivity index (χ4v) is 3.02. The molecule has 2 aromatic carbocycles. The van der Waals surface area contributed by atoms with Gasteiger partial charge in [0.05, 0.1) is 20.8 Å². The van der Waals surface area contributed by atoms with Gasteiger partial charge < -0.3 is 19.5 Å². The Bertz CT molecular complexity index is 1190. The van der Waals surface area contributed by atoms with Gasteiger partial charge in [-0.05, 0) is 24.3 Å². The molecule has 0 saturated carbocycles. The summed E-state index contributed by atoms with van der Waals surface area (Å²) in [7, 11) is 3.07. The van der Waals surface area contributed by atoms with E-state index in [1.807, 2.05) is 30.3 Å². The average molecular weight is 419 g/mol. The zero-order valence-electron chi connectivity index (χ0n) is 17.1. The van der Waals surface area contributed by atoms with Crippen LogP contribution in [0.1, 0.15) is 10.4 Å². The lowest BCUT2D eigenvalue weighted by Gasteiger charge is -2.10. The number of rotatable bonds is 8. The maximum absolute atomic E-state index is 12.4. The Kier molecular flexibility index (Phi) is 5.93. The second-order valence-electron chi connectivity index (χ2n) is 6.51. The van der Waals surface area contributed by atoms with Crippen molar-refractivity contribution in [2.45, 2.75) is 0 Å². The van der Waals surface area contributed by atoms with E-state index in [1.165, 1.54) is 7.11 Å². The molecule has 0 aliphatic carbocycles. The van der Waals surface area contributed by atoms with Crippen LogP contribution in [0.15, 0.2) is 60.7 Å². The molecule has 0 saturated heterocycles. The van der Waals surface area contributed by atoms with Crippen molar-refractivity contribution in [3.8, 4) is 28.8 Å². The molecule has 4 aromatic rings. The van der Waals surface area contributed by atoms with Crippen LogP contribution in [0.4, 0.5) is 0 Å². The van der Waals surface area contributed by atoms with Gasteiger partial charge in [-0.15, -0.1) is 15.3 Å². The number of aromatic nitrogens is 4. The van der Waals surface area contributed by atoms with Crippen LogP contribution in [-0.2, 0) is 0 Å². The van der Waals surface area contributed by atoms with Crippen molar-refractivity contribution in [2.24, 2.45) is 0 Å². The minimum Gasteiger partial charge on any atom is -0.493 e. The first-order chi connectivity index (χ1) is 15.2. The van der Waals surface area contributed by atoms with Gasteiger partial charge in [-0.3, -0.25) is 4.79 Å². The molecule has 158 valence electrons. The minimum absolute atomic E-state index is 0.238. The van der Waals surface area contributed by atoms with Gasteiger partial charge in [0, 0.05) is 17.2 Å². The van der Waals surface area contributed by atoms with Crippen LogP contribution in [0.2, 0.25) is 0 Å². The van der Waals surface area contributed by atoms with E-state index in [9.17, 15) is 4.79 Å². The molecule has 9 heteroatoms. The molecule has 0 atom stereocenters. The Balaban J connectivity index is 1.37. The summed E-state index contributed by atoms with van der Waals surface area (Å²) in [5, 5.41) is 15.6. The number of hydrogen-bond acceptors (Lipinski definition) is 7. The second-order valence-corrected chi connectivity index (χ2v) is 6.51. The van der Waals surface area contributed by atoms with Crippen LogP contribution in [-0.4, -0.2) is 53.1 Å². The molecule has 1 amide bonds. The molecule has 0 bridgehead atoms. The number of benzene rings is 2. The van der Waals surface area contributed by atoms with Crippen LogP contribution < -0.4 is 19.5 Å². The predicted octanol–water partition coefficient (Wildman–Crippen LogP) is 2.62. The smallest absolute Gasteiger partial charge is 0.251 e. The van der Waals surface area contributed by atoms with Gasteiger partial charge in [0.15, 0.2) is 23.0 Å². The quantitative estimate of drug-likeness (QED) is 0.438. The summed E-state index contributed by atoms with van der Waals surface area (Å²) in [5.74, 6) is 1.85. The van der Waals surface area contributed by atoms with Crippen molar-refractivity contribution in [3.63, 3.8) is 0 Å². The molecule has 4 rings (SSSR count). The third kappa shape index (κ3) is 4.40. The molecule has 0 aliphatic rings. The van der Waals surface area contributed by atoms with Gasteiger partial charge in [-0.2, -0.15) is 4.52 Å². The second kappa shape index (κ2) is 9.12. The van der Waals surface area contributed by atoms with Gasteiger partial charge in [-0.1, -0.05) is 30.3 Å². The lowest BCUT2D eigenvalue weighted by Crippen LogP contribution is -2.28. The van der Waals surface area contributed by atoms with E-state index in [1.54, 1.807) is 42.0 Å². The number of nitrogens with zero attached hydrogens (tertiary/aromatic N) is 4. The Labute approximate surface area is 178 Å². The predicted molar refractivity (Wildman–Crippen MR) is 114 cm³/mol. The molecular weight excluding hydrogens is 398 g/mol. The normalized spacial score (nSPS) is 10.6. The fourth-order valence-electron chi connectivity index (χ4n) is 3.02. The number of carbonyl (C=O) groups is 1. The first-order valence-corrected chi connectivity index (χ1v) is 9.60. The molecule has 2 aromatic heterocycles. The van der Waals surface area contributed by atoms with E-state index in [2.05, 4.69) is 20.6 Å². The molecule has 2 heterocycles. The summed E-state index contributed by atoms with van der Waals surface area (Å²) in [6.07, 6.45) is 0. The third-order valence-electron chi connectivity index (χ3n) is 4.55. The molecule has 1 N–H and O–H groups in total. The minimum atomic E-state index is -0.238. The first-order valence-electron chi connectivity index (χ1n) is 9.60.